The lowest BCUT2D eigenvalue weighted by Gasteiger charge is -1.85. The van der Waals surface area contributed by atoms with Gasteiger partial charge < -0.3 is 0 Å². The molecule has 0 N–H and O–H groups in total. The van der Waals surface area contributed by atoms with Crippen molar-refractivity contribution < 1.29 is 0 Å². The van der Waals surface area contributed by atoms with Gasteiger partial charge in [0, 0.05) is 6.42 Å². The molecular weight excluding hydrogens is 98.1 g/mol. The zero-order chi connectivity index (χ0) is 6.41. The highest BCUT2D eigenvalue weighted by Crippen LogP contribution is 1.97. The van der Waals surface area contributed by atoms with E-state index in [4.69, 9.17) is 6.57 Å². The van der Waals surface area contributed by atoms with Crippen LogP contribution in [0.1, 0.15) is 20.3 Å². The van der Waals surface area contributed by atoms with Crippen LogP contribution in [-0.4, -0.2) is 6.54 Å². The van der Waals surface area contributed by atoms with Gasteiger partial charge >= 0.3 is 0 Å². The van der Waals surface area contributed by atoms with Crippen LogP contribution in [0.15, 0.2) is 11.6 Å². The molecule has 8 heavy (non-hydrogen) atoms. The molecule has 0 aromatic rings. The van der Waals surface area contributed by atoms with Gasteiger partial charge in [0.2, 0.25) is 0 Å². The van der Waals surface area contributed by atoms with Gasteiger partial charge in [-0.3, -0.25) is 0 Å². The molecule has 0 aromatic heterocycles. The normalized spacial score (nSPS) is 10.9. The Morgan fingerprint density at radius 3 is 2.75 bits per heavy atom. The summed E-state index contributed by atoms with van der Waals surface area (Å²) in [7, 11) is 0. The lowest BCUT2D eigenvalue weighted by Crippen LogP contribution is -1.77. The average Bonchev–Trinajstić information content (AvgIpc) is 1.83. The standard InChI is InChI=1S/C7H12N/c1-4-7(2)5-6-8-3/h3-4H,5-6H2,1-2H3/q+1/b7-4+. The van der Waals surface area contributed by atoms with Crippen molar-refractivity contribution in [2.24, 2.45) is 0 Å². The van der Waals surface area contributed by atoms with Crippen LogP contribution >= 0.6 is 0 Å². The quantitative estimate of drug-likeness (QED) is 0.480. The van der Waals surface area contributed by atoms with Crippen molar-refractivity contribution in [3.63, 3.8) is 0 Å². The fourth-order valence-electron chi connectivity index (χ4n) is 0.385. The molecule has 0 spiro atoms. The fraction of sp³-hybridized carbons (Fsp3) is 0.571. The Morgan fingerprint density at radius 1 is 1.75 bits per heavy atom. The van der Waals surface area contributed by atoms with Crippen LogP contribution in [0.25, 0.3) is 4.85 Å². The van der Waals surface area contributed by atoms with E-state index in [1.807, 2.05) is 6.92 Å². The zero-order valence-corrected chi connectivity index (χ0v) is 5.52. The second-order valence-electron chi connectivity index (χ2n) is 1.79. The molecule has 0 atom stereocenters. The van der Waals surface area contributed by atoms with E-state index < -0.39 is 0 Å². The number of hydrogen-bond acceptors (Lipinski definition) is 0. The third-order valence-corrected chi connectivity index (χ3v) is 1.13. The highest BCUT2D eigenvalue weighted by molar-refractivity contribution is 4.97. The Labute approximate surface area is 50.8 Å². The molecule has 44 valence electrons. The molecule has 0 bridgehead atoms. The minimum Gasteiger partial charge on any atom is -0.0885 e. The summed E-state index contributed by atoms with van der Waals surface area (Å²) >= 11 is 0. The van der Waals surface area contributed by atoms with E-state index in [1.54, 1.807) is 0 Å². The van der Waals surface area contributed by atoms with Gasteiger partial charge in [-0.1, -0.05) is 16.5 Å². The van der Waals surface area contributed by atoms with Crippen LogP contribution in [0.5, 0.6) is 0 Å². The Kier molecular flexibility index (Phi) is 3.97. The summed E-state index contributed by atoms with van der Waals surface area (Å²) in [6, 6.07) is 0. The molecule has 0 heterocycles. The molecule has 0 aromatic carbocycles. The number of allylic oxidation sites excluding steroid dienone is 1. The van der Waals surface area contributed by atoms with Gasteiger partial charge in [0.25, 0.3) is 13.1 Å². The van der Waals surface area contributed by atoms with E-state index in [2.05, 4.69) is 17.8 Å². The predicted molar refractivity (Wildman–Crippen MR) is 37.2 cm³/mol. The highest BCUT2D eigenvalue weighted by atomic mass is 14.6. The maximum absolute atomic E-state index is 4.93. The van der Waals surface area contributed by atoms with Crippen molar-refractivity contribution >= 4 is 0 Å². The topological polar surface area (TPSA) is 4.36 Å². The number of rotatable bonds is 2. The summed E-state index contributed by atoms with van der Waals surface area (Å²) in [5.41, 5.74) is 1.35. The first-order chi connectivity index (χ1) is 3.81. The predicted octanol–water partition coefficient (Wildman–Crippen LogP) is 2.31. The monoisotopic (exact) mass is 110 g/mol. The van der Waals surface area contributed by atoms with E-state index in [9.17, 15) is 0 Å². The van der Waals surface area contributed by atoms with E-state index >= 15 is 0 Å². The number of hydrogen-bond donors (Lipinski definition) is 0. The lowest BCUT2D eigenvalue weighted by molar-refractivity contribution is 1.04. The Bertz CT molecular complexity index is 117. The van der Waals surface area contributed by atoms with Gasteiger partial charge in [0.15, 0.2) is 0 Å². The van der Waals surface area contributed by atoms with Crippen LogP contribution < -0.4 is 0 Å². The lowest BCUT2D eigenvalue weighted by atomic mass is 10.2. The van der Waals surface area contributed by atoms with Gasteiger partial charge in [-0.15, -0.1) is 0 Å². The molecule has 0 aliphatic rings. The summed E-state index contributed by atoms with van der Waals surface area (Å²) in [6.07, 6.45) is 3.07. The SMILES string of the molecule is C#[N+]CC/C(C)=C/C. The maximum Gasteiger partial charge on any atom is 0.266 e. The largest absolute Gasteiger partial charge is 0.266 e. The van der Waals surface area contributed by atoms with E-state index in [0.29, 0.717) is 0 Å². The molecule has 0 unspecified atom stereocenters. The third kappa shape index (κ3) is 3.42. The zero-order valence-electron chi connectivity index (χ0n) is 5.52. The van der Waals surface area contributed by atoms with Gasteiger partial charge in [-0.2, -0.15) is 0 Å². The minimum atomic E-state index is 0.746. The van der Waals surface area contributed by atoms with Crippen molar-refractivity contribution in [2.75, 3.05) is 6.54 Å². The Hall–Kier alpha value is -0.770. The van der Waals surface area contributed by atoms with Crippen LogP contribution in [-0.2, 0) is 0 Å². The molecule has 0 radical (unpaired) electrons. The van der Waals surface area contributed by atoms with Gasteiger partial charge in [0.1, 0.15) is 0 Å². The van der Waals surface area contributed by atoms with E-state index in [1.165, 1.54) is 5.57 Å². The summed E-state index contributed by atoms with van der Waals surface area (Å²) < 4.78 is 0. The van der Waals surface area contributed by atoms with Crippen LogP contribution in [0, 0.1) is 6.57 Å². The molecular formula is C7H12N+. The molecule has 1 nitrogen and oxygen atoms in total. The van der Waals surface area contributed by atoms with Gasteiger partial charge in [-0.05, 0) is 13.8 Å². The molecule has 0 saturated carbocycles. The summed E-state index contributed by atoms with van der Waals surface area (Å²) in [4.78, 5) is 3.48. The molecule has 0 aliphatic carbocycles. The first kappa shape index (κ1) is 7.23. The smallest absolute Gasteiger partial charge is 0.0885 e. The van der Waals surface area contributed by atoms with Gasteiger partial charge in [0.05, 0.1) is 0 Å². The molecule has 1 heteroatoms. The van der Waals surface area contributed by atoms with Crippen LogP contribution in [0.3, 0.4) is 0 Å². The Morgan fingerprint density at radius 2 is 2.38 bits per heavy atom. The van der Waals surface area contributed by atoms with Crippen molar-refractivity contribution in [1.82, 2.24) is 0 Å². The average molecular weight is 110 g/mol. The van der Waals surface area contributed by atoms with Crippen molar-refractivity contribution in [3.05, 3.63) is 16.5 Å². The summed E-state index contributed by atoms with van der Waals surface area (Å²) in [6.45, 7) is 9.77. The molecule has 0 rings (SSSR count). The van der Waals surface area contributed by atoms with Crippen LogP contribution in [0.4, 0.5) is 0 Å². The van der Waals surface area contributed by atoms with Crippen molar-refractivity contribution in [1.29, 1.82) is 0 Å². The first-order valence-electron chi connectivity index (χ1n) is 2.79. The maximum atomic E-state index is 4.93. The van der Waals surface area contributed by atoms with E-state index in [0.717, 1.165) is 13.0 Å². The fourth-order valence-corrected chi connectivity index (χ4v) is 0.385. The Balaban J connectivity index is 3.29. The minimum absolute atomic E-state index is 0.746. The molecule has 0 amide bonds. The second kappa shape index (κ2) is 4.39. The van der Waals surface area contributed by atoms with E-state index in [-0.39, 0.29) is 0 Å². The van der Waals surface area contributed by atoms with Crippen LogP contribution in [0.2, 0.25) is 0 Å². The molecule has 0 fully saturated rings. The number of nitrogens with zero attached hydrogens (tertiary/aromatic N) is 1. The first-order valence-corrected chi connectivity index (χ1v) is 2.79. The summed E-state index contributed by atoms with van der Waals surface area (Å²) in [5.74, 6) is 0. The summed E-state index contributed by atoms with van der Waals surface area (Å²) in [5, 5.41) is 0. The van der Waals surface area contributed by atoms with Crippen molar-refractivity contribution in [2.45, 2.75) is 20.3 Å². The second-order valence-corrected chi connectivity index (χ2v) is 1.79. The highest BCUT2D eigenvalue weighted by Gasteiger charge is 1.90. The third-order valence-electron chi connectivity index (χ3n) is 1.13. The van der Waals surface area contributed by atoms with Gasteiger partial charge in [-0.25, -0.2) is 0 Å². The molecule has 0 aliphatic heterocycles. The molecule has 0 saturated heterocycles. The van der Waals surface area contributed by atoms with Crippen molar-refractivity contribution in [3.8, 4) is 6.57 Å².